The number of halogens is 1. The molecule has 0 aliphatic rings. The molecule has 2 aromatic rings. The fraction of sp³-hybridized carbons (Fsp3) is 0.188. The third kappa shape index (κ3) is 3.31. The van der Waals surface area contributed by atoms with Crippen molar-refractivity contribution in [1.82, 2.24) is 4.90 Å². The molecule has 0 heterocycles. The van der Waals surface area contributed by atoms with Crippen LogP contribution in [0.2, 0.25) is 5.02 Å². The van der Waals surface area contributed by atoms with E-state index in [-0.39, 0.29) is 5.91 Å². The van der Waals surface area contributed by atoms with Crippen molar-refractivity contribution in [3.63, 3.8) is 0 Å². The van der Waals surface area contributed by atoms with Crippen molar-refractivity contribution < 1.29 is 9.53 Å². The second-order valence-corrected chi connectivity index (χ2v) is 4.89. The Hall–Kier alpha value is -2.00. The zero-order valence-electron chi connectivity index (χ0n) is 11.5. The minimum absolute atomic E-state index is 0.0485. The second-order valence-electron chi connectivity index (χ2n) is 4.48. The zero-order chi connectivity index (χ0) is 14.5. The SMILES string of the molecule is COc1ccc(C(=O)N(C)Cc2ccccc2Cl)cc1. The Bertz CT molecular complexity index is 596. The molecule has 0 fully saturated rings. The lowest BCUT2D eigenvalue weighted by atomic mass is 10.1. The van der Waals surface area contributed by atoms with Crippen molar-refractivity contribution in [3.8, 4) is 5.75 Å². The van der Waals surface area contributed by atoms with Crippen LogP contribution in [0, 0.1) is 0 Å². The van der Waals surface area contributed by atoms with Gasteiger partial charge in [0, 0.05) is 24.2 Å². The van der Waals surface area contributed by atoms with Crippen LogP contribution in [-0.2, 0) is 6.54 Å². The number of ether oxygens (including phenoxy) is 1. The van der Waals surface area contributed by atoms with Crippen LogP contribution in [0.4, 0.5) is 0 Å². The van der Waals surface area contributed by atoms with Gasteiger partial charge in [-0.05, 0) is 35.9 Å². The topological polar surface area (TPSA) is 29.5 Å². The number of nitrogens with zero attached hydrogens (tertiary/aromatic N) is 1. The first kappa shape index (κ1) is 14.4. The van der Waals surface area contributed by atoms with Gasteiger partial charge in [0.25, 0.3) is 5.91 Å². The van der Waals surface area contributed by atoms with Crippen LogP contribution in [0.5, 0.6) is 5.75 Å². The highest BCUT2D eigenvalue weighted by molar-refractivity contribution is 6.31. The first-order chi connectivity index (χ1) is 9.61. The molecular formula is C16H16ClNO2. The summed E-state index contributed by atoms with van der Waals surface area (Å²) >= 11 is 6.10. The summed E-state index contributed by atoms with van der Waals surface area (Å²) < 4.78 is 5.08. The van der Waals surface area contributed by atoms with Crippen molar-refractivity contribution in [2.75, 3.05) is 14.2 Å². The molecular weight excluding hydrogens is 274 g/mol. The van der Waals surface area contributed by atoms with Crippen LogP contribution in [0.1, 0.15) is 15.9 Å². The summed E-state index contributed by atoms with van der Waals surface area (Å²) in [7, 11) is 3.36. The Morgan fingerprint density at radius 2 is 1.80 bits per heavy atom. The minimum atomic E-state index is -0.0485. The van der Waals surface area contributed by atoms with Gasteiger partial charge >= 0.3 is 0 Å². The average Bonchev–Trinajstić information content (AvgIpc) is 2.49. The van der Waals surface area contributed by atoms with Gasteiger partial charge in [-0.1, -0.05) is 29.8 Å². The number of hydrogen-bond donors (Lipinski definition) is 0. The molecule has 0 atom stereocenters. The van der Waals surface area contributed by atoms with Crippen LogP contribution in [0.3, 0.4) is 0 Å². The van der Waals surface area contributed by atoms with E-state index in [2.05, 4.69) is 0 Å². The van der Waals surface area contributed by atoms with E-state index in [1.54, 1.807) is 43.3 Å². The van der Waals surface area contributed by atoms with Gasteiger partial charge in [0.15, 0.2) is 0 Å². The van der Waals surface area contributed by atoms with E-state index >= 15 is 0 Å². The number of methoxy groups -OCH3 is 1. The summed E-state index contributed by atoms with van der Waals surface area (Å²) in [6.45, 7) is 0.477. The van der Waals surface area contributed by atoms with Crippen molar-refractivity contribution >= 4 is 17.5 Å². The normalized spacial score (nSPS) is 10.2. The molecule has 3 nitrogen and oxygen atoms in total. The number of hydrogen-bond acceptors (Lipinski definition) is 2. The van der Waals surface area contributed by atoms with Crippen molar-refractivity contribution in [3.05, 3.63) is 64.7 Å². The Balaban J connectivity index is 2.10. The molecule has 1 amide bonds. The van der Waals surface area contributed by atoms with E-state index in [4.69, 9.17) is 16.3 Å². The number of amides is 1. The van der Waals surface area contributed by atoms with E-state index in [9.17, 15) is 4.79 Å². The van der Waals surface area contributed by atoms with Gasteiger partial charge in [-0.3, -0.25) is 4.79 Å². The van der Waals surface area contributed by atoms with Gasteiger partial charge in [-0.25, -0.2) is 0 Å². The van der Waals surface area contributed by atoms with E-state index < -0.39 is 0 Å². The molecule has 0 N–H and O–H groups in total. The van der Waals surface area contributed by atoms with Gasteiger partial charge in [-0.2, -0.15) is 0 Å². The fourth-order valence-electron chi connectivity index (χ4n) is 1.91. The maximum atomic E-state index is 12.3. The molecule has 20 heavy (non-hydrogen) atoms. The number of carbonyl (C=O) groups is 1. The Labute approximate surface area is 123 Å². The lowest BCUT2D eigenvalue weighted by Crippen LogP contribution is -2.26. The van der Waals surface area contributed by atoms with Gasteiger partial charge in [0.05, 0.1) is 7.11 Å². The van der Waals surface area contributed by atoms with Crippen molar-refractivity contribution in [2.24, 2.45) is 0 Å². The number of carbonyl (C=O) groups excluding carboxylic acids is 1. The number of rotatable bonds is 4. The Morgan fingerprint density at radius 1 is 1.15 bits per heavy atom. The monoisotopic (exact) mass is 289 g/mol. The lowest BCUT2D eigenvalue weighted by Gasteiger charge is -2.18. The van der Waals surface area contributed by atoms with E-state index in [0.29, 0.717) is 17.1 Å². The van der Waals surface area contributed by atoms with Gasteiger partial charge in [0.1, 0.15) is 5.75 Å². The molecule has 0 unspecified atom stereocenters. The molecule has 0 radical (unpaired) electrons. The Kier molecular flexibility index (Phi) is 4.64. The molecule has 104 valence electrons. The summed E-state index contributed by atoms with van der Waals surface area (Å²) in [6, 6.07) is 14.6. The van der Waals surface area contributed by atoms with Gasteiger partial charge < -0.3 is 9.64 Å². The van der Waals surface area contributed by atoms with E-state index in [1.807, 2.05) is 24.3 Å². The fourth-order valence-corrected chi connectivity index (χ4v) is 2.10. The third-order valence-electron chi connectivity index (χ3n) is 3.05. The van der Waals surface area contributed by atoms with Crippen LogP contribution >= 0.6 is 11.6 Å². The lowest BCUT2D eigenvalue weighted by molar-refractivity contribution is 0.0785. The summed E-state index contributed by atoms with van der Waals surface area (Å²) in [5, 5.41) is 0.668. The molecule has 2 rings (SSSR count). The highest BCUT2D eigenvalue weighted by Crippen LogP contribution is 2.18. The summed E-state index contributed by atoms with van der Waals surface area (Å²) in [6.07, 6.45) is 0. The van der Waals surface area contributed by atoms with Crippen LogP contribution < -0.4 is 4.74 Å². The first-order valence-electron chi connectivity index (χ1n) is 6.24. The van der Waals surface area contributed by atoms with Crippen LogP contribution in [0.15, 0.2) is 48.5 Å². The van der Waals surface area contributed by atoms with Crippen molar-refractivity contribution in [2.45, 2.75) is 6.54 Å². The second kappa shape index (κ2) is 6.44. The quantitative estimate of drug-likeness (QED) is 0.860. The summed E-state index contributed by atoms with van der Waals surface area (Å²) in [4.78, 5) is 13.9. The molecule has 0 saturated heterocycles. The minimum Gasteiger partial charge on any atom is -0.497 e. The molecule has 0 spiro atoms. The highest BCUT2D eigenvalue weighted by atomic mass is 35.5. The predicted molar refractivity (Wildman–Crippen MR) is 80.2 cm³/mol. The molecule has 0 aromatic heterocycles. The molecule has 0 saturated carbocycles. The molecule has 4 heteroatoms. The standard InChI is InChI=1S/C16H16ClNO2/c1-18(11-13-5-3-4-6-15(13)17)16(19)12-7-9-14(20-2)10-8-12/h3-10H,11H2,1-2H3. The summed E-state index contributed by atoms with van der Waals surface area (Å²) in [5.41, 5.74) is 1.55. The molecule has 0 aliphatic heterocycles. The largest absolute Gasteiger partial charge is 0.497 e. The van der Waals surface area contributed by atoms with Crippen molar-refractivity contribution in [1.29, 1.82) is 0 Å². The Morgan fingerprint density at radius 3 is 2.40 bits per heavy atom. The smallest absolute Gasteiger partial charge is 0.253 e. The average molecular weight is 290 g/mol. The van der Waals surface area contributed by atoms with Gasteiger partial charge in [-0.15, -0.1) is 0 Å². The maximum Gasteiger partial charge on any atom is 0.253 e. The van der Waals surface area contributed by atoms with Gasteiger partial charge in [0.2, 0.25) is 0 Å². The van der Waals surface area contributed by atoms with E-state index in [0.717, 1.165) is 11.3 Å². The molecule has 0 aliphatic carbocycles. The zero-order valence-corrected chi connectivity index (χ0v) is 12.2. The van der Waals surface area contributed by atoms with Crippen LogP contribution in [-0.4, -0.2) is 25.0 Å². The third-order valence-corrected chi connectivity index (χ3v) is 3.42. The maximum absolute atomic E-state index is 12.3. The van der Waals surface area contributed by atoms with Crippen LogP contribution in [0.25, 0.3) is 0 Å². The summed E-state index contributed by atoms with van der Waals surface area (Å²) in [5.74, 6) is 0.683. The first-order valence-corrected chi connectivity index (χ1v) is 6.62. The highest BCUT2D eigenvalue weighted by Gasteiger charge is 2.13. The van der Waals surface area contributed by atoms with E-state index in [1.165, 1.54) is 0 Å². The molecule has 0 bridgehead atoms. The number of benzene rings is 2. The molecule has 2 aromatic carbocycles. The predicted octanol–water partition coefficient (Wildman–Crippen LogP) is 3.62.